The average Bonchev–Trinajstić information content (AvgIpc) is 3.02. The molecule has 94 valence electrons. The van der Waals surface area contributed by atoms with Gasteiger partial charge in [-0.15, -0.1) is 0 Å². The maximum Gasteiger partial charge on any atom is 0.253 e. The molecule has 2 aromatic heterocycles. The van der Waals surface area contributed by atoms with E-state index >= 15 is 0 Å². The second-order valence-corrected chi connectivity index (χ2v) is 5.38. The molecule has 1 amide bonds. The molecular weight excluding hydrogens is 258 g/mol. The van der Waals surface area contributed by atoms with Gasteiger partial charge >= 0.3 is 0 Å². The lowest BCUT2D eigenvalue weighted by Gasteiger charge is -2.10. The summed E-state index contributed by atoms with van der Waals surface area (Å²) < 4.78 is 4.44. The zero-order valence-electron chi connectivity index (χ0n) is 10.1. The van der Waals surface area contributed by atoms with Gasteiger partial charge in [-0.05, 0) is 23.7 Å². The van der Waals surface area contributed by atoms with E-state index in [1.54, 1.807) is 0 Å². The number of carbonyl (C=O) groups is 1. The Labute approximate surface area is 113 Å². The fraction of sp³-hybridized carbons (Fsp3) is 0.143. The van der Waals surface area contributed by atoms with E-state index in [2.05, 4.69) is 20.7 Å². The highest BCUT2D eigenvalue weighted by Gasteiger charge is 2.21. The number of hydrogen-bond donors (Lipinski definition) is 2. The van der Waals surface area contributed by atoms with Crippen LogP contribution >= 0.6 is 11.5 Å². The Kier molecular flexibility index (Phi) is 2.22. The van der Waals surface area contributed by atoms with Gasteiger partial charge in [0.15, 0.2) is 0 Å². The molecule has 5 heteroatoms. The number of benzene rings is 1. The summed E-state index contributed by atoms with van der Waals surface area (Å²) in [6, 6.07) is 10.00. The van der Waals surface area contributed by atoms with Crippen molar-refractivity contribution in [1.29, 1.82) is 0 Å². The molecule has 0 fully saturated rings. The number of rotatable bonds is 1. The molecule has 0 saturated heterocycles. The van der Waals surface area contributed by atoms with Crippen molar-refractivity contribution in [2.75, 3.05) is 6.54 Å². The van der Waals surface area contributed by atoms with Crippen LogP contribution in [0.25, 0.3) is 21.5 Å². The minimum Gasteiger partial charge on any atom is -0.357 e. The number of hydrogen-bond acceptors (Lipinski definition) is 3. The van der Waals surface area contributed by atoms with Gasteiger partial charge in [0.1, 0.15) is 0 Å². The predicted molar refractivity (Wildman–Crippen MR) is 75.4 cm³/mol. The Morgan fingerprint density at radius 2 is 2.16 bits per heavy atom. The van der Waals surface area contributed by atoms with E-state index in [0.717, 1.165) is 39.2 Å². The highest BCUT2D eigenvalue weighted by molar-refractivity contribution is 7.11. The van der Waals surface area contributed by atoms with Crippen molar-refractivity contribution in [3.8, 4) is 10.6 Å². The molecule has 0 saturated carbocycles. The standard InChI is InChI=1S/C14H11N3OS/c18-14-9-7-12(16-10(9)5-6-15-14)13-8-3-1-2-4-11(8)17-19-13/h1-4,7,16H,5-6H2,(H,15,18). The van der Waals surface area contributed by atoms with E-state index < -0.39 is 0 Å². The fourth-order valence-electron chi connectivity index (χ4n) is 2.50. The number of carbonyl (C=O) groups excluding carboxylic acids is 1. The molecule has 0 spiro atoms. The molecule has 1 aliphatic rings. The number of fused-ring (bicyclic) bond motifs is 2. The zero-order chi connectivity index (χ0) is 12.8. The van der Waals surface area contributed by atoms with Crippen molar-refractivity contribution < 1.29 is 4.79 Å². The van der Waals surface area contributed by atoms with E-state index in [1.165, 1.54) is 11.5 Å². The van der Waals surface area contributed by atoms with Crippen molar-refractivity contribution in [2.45, 2.75) is 6.42 Å². The SMILES string of the molecule is O=C1NCCc2[nH]c(-c3snc4ccccc34)cc21. The van der Waals surface area contributed by atoms with Crippen LogP contribution in [0.1, 0.15) is 16.1 Å². The van der Waals surface area contributed by atoms with Crippen LogP contribution in [-0.4, -0.2) is 21.8 Å². The van der Waals surface area contributed by atoms with Crippen LogP contribution in [0, 0.1) is 0 Å². The van der Waals surface area contributed by atoms with Crippen LogP contribution in [0.2, 0.25) is 0 Å². The first-order valence-electron chi connectivity index (χ1n) is 6.18. The van der Waals surface area contributed by atoms with Gasteiger partial charge in [0.05, 0.1) is 21.7 Å². The van der Waals surface area contributed by atoms with E-state index in [0.29, 0.717) is 6.54 Å². The van der Waals surface area contributed by atoms with Crippen molar-refractivity contribution >= 4 is 28.3 Å². The molecule has 3 heterocycles. The van der Waals surface area contributed by atoms with Crippen LogP contribution in [0.3, 0.4) is 0 Å². The summed E-state index contributed by atoms with van der Waals surface area (Å²) in [4.78, 5) is 16.3. The number of amides is 1. The minimum atomic E-state index is 0.0116. The Bertz CT molecular complexity index is 787. The zero-order valence-corrected chi connectivity index (χ0v) is 10.9. The summed E-state index contributed by atoms with van der Waals surface area (Å²) in [6.07, 6.45) is 0.859. The predicted octanol–water partition coefficient (Wildman–Crippen LogP) is 2.58. The molecule has 3 aromatic rings. The Morgan fingerprint density at radius 3 is 3.05 bits per heavy atom. The van der Waals surface area contributed by atoms with Gasteiger partial charge in [-0.1, -0.05) is 18.2 Å². The first-order valence-corrected chi connectivity index (χ1v) is 6.95. The second-order valence-electron chi connectivity index (χ2n) is 4.61. The lowest BCUT2D eigenvalue weighted by Crippen LogP contribution is -2.31. The van der Waals surface area contributed by atoms with Crippen molar-refractivity contribution in [2.24, 2.45) is 0 Å². The van der Waals surface area contributed by atoms with Gasteiger partial charge in [0.2, 0.25) is 0 Å². The van der Waals surface area contributed by atoms with Crippen molar-refractivity contribution in [3.05, 3.63) is 41.6 Å². The van der Waals surface area contributed by atoms with E-state index in [-0.39, 0.29) is 5.91 Å². The largest absolute Gasteiger partial charge is 0.357 e. The Hall–Kier alpha value is -2.14. The summed E-state index contributed by atoms with van der Waals surface area (Å²) in [7, 11) is 0. The molecule has 0 atom stereocenters. The van der Waals surface area contributed by atoms with E-state index in [9.17, 15) is 4.79 Å². The number of nitrogens with zero attached hydrogens (tertiary/aromatic N) is 1. The van der Waals surface area contributed by atoms with E-state index in [1.807, 2.05) is 24.3 Å². The normalized spacial score (nSPS) is 14.4. The molecule has 0 unspecified atom stereocenters. The first-order chi connectivity index (χ1) is 9.33. The van der Waals surface area contributed by atoms with Crippen molar-refractivity contribution in [3.63, 3.8) is 0 Å². The summed E-state index contributed by atoms with van der Waals surface area (Å²) >= 11 is 1.47. The van der Waals surface area contributed by atoms with Crippen LogP contribution < -0.4 is 5.32 Å². The molecule has 1 aromatic carbocycles. The average molecular weight is 269 g/mol. The molecule has 4 nitrogen and oxygen atoms in total. The van der Waals surface area contributed by atoms with Crippen LogP contribution in [0.5, 0.6) is 0 Å². The van der Waals surface area contributed by atoms with Crippen molar-refractivity contribution in [1.82, 2.24) is 14.7 Å². The summed E-state index contributed by atoms with van der Waals surface area (Å²) in [5.74, 6) is 0.0116. The number of nitrogens with one attached hydrogen (secondary N) is 2. The van der Waals surface area contributed by atoms with Crippen LogP contribution in [-0.2, 0) is 6.42 Å². The lowest BCUT2D eigenvalue weighted by molar-refractivity contribution is 0.0946. The number of aromatic nitrogens is 2. The van der Waals surface area contributed by atoms with Gasteiger partial charge in [-0.25, -0.2) is 0 Å². The molecule has 0 aliphatic carbocycles. The van der Waals surface area contributed by atoms with Gasteiger partial charge in [0, 0.05) is 24.0 Å². The first kappa shape index (κ1) is 10.8. The maximum absolute atomic E-state index is 11.8. The Balaban J connectivity index is 1.91. The topological polar surface area (TPSA) is 57.8 Å². The summed E-state index contributed by atoms with van der Waals surface area (Å²) in [6.45, 7) is 0.704. The molecule has 0 radical (unpaired) electrons. The van der Waals surface area contributed by atoms with Crippen LogP contribution in [0.15, 0.2) is 30.3 Å². The lowest BCUT2D eigenvalue weighted by atomic mass is 10.1. The van der Waals surface area contributed by atoms with Gasteiger partial charge < -0.3 is 10.3 Å². The molecule has 2 N–H and O–H groups in total. The third-order valence-electron chi connectivity index (χ3n) is 3.43. The summed E-state index contributed by atoms with van der Waals surface area (Å²) in [5, 5.41) is 3.99. The second kappa shape index (κ2) is 3.93. The summed E-state index contributed by atoms with van der Waals surface area (Å²) in [5.41, 5.74) is 3.77. The smallest absolute Gasteiger partial charge is 0.253 e. The molecule has 19 heavy (non-hydrogen) atoms. The monoisotopic (exact) mass is 269 g/mol. The number of aromatic amines is 1. The minimum absolute atomic E-state index is 0.0116. The fourth-order valence-corrected chi connectivity index (χ4v) is 3.33. The highest BCUT2D eigenvalue weighted by atomic mass is 32.1. The molecule has 1 aliphatic heterocycles. The molecule has 0 bridgehead atoms. The quantitative estimate of drug-likeness (QED) is 0.713. The van der Waals surface area contributed by atoms with Gasteiger partial charge in [-0.2, -0.15) is 4.37 Å². The third-order valence-corrected chi connectivity index (χ3v) is 4.34. The van der Waals surface area contributed by atoms with E-state index in [4.69, 9.17) is 0 Å². The third kappa shape index (κ3) is 1.58. The van der Waals surface area contributed by atoms with Gasteiger partial charge in [-0.3, -0.25) is 4.79 Å². The highest BCUT2D eigenvalue weighted by Crippen LogP contribution is 2.33. The van der Waals surface area contributed by atoms with Gasteiger partial charge in [0.25, 0.3) is 5.91 Å². The molecular formula is C14H11N3OS. The maximum atomic E-state index is 11.8. The molecule has 4 rings (SSSR count). The number of H-pyrrole nitrogens is 1. The Morgan fingerprint density at radius 1 is 1.26 bits per heavy atom. The van der Waals surface area contributed by atoms with Crippen LogP contribution in [0.4, 0.5) is 0 Å².